The molecule has 5 heteroatoms. The molecule has 3 N–H and O–H groups in total. The van der Waals surface area contributed by atoms with Gasteiger partial charge < -0.3 is 15.7 Å². The smallest absolute Gasteiger partial charge is 0.315 e. The van der Waals surface area contributed by atoms with E-state index in [4.69, 9.17) is 5.11 Å². The number of carboxylic acids is 1. The Morgan fingerprint density at radius 3 is 2.25 bits per heavy atom. The van der Waals surface area contributed by atoms with E-state index in [1.807, 2.05) is 6.92 Å². The second-order valence-electron chi connectivity index (χ2n) is 5.81. The second kappa shape index (κ2) is 10.5. The first kappa shape index (κ1) is 18.7. The molecule has 0 aliphatic heterocycles. The third kappa shape index (κ3) is 9.64. The van der Waals surface area contributed by atoms with Crippen molar-refractivity contribution in [1.82, 2.24) is 10.6 Å². The predicted molar refractivity (Wildman–Crippen MR) is 80.7 cm³/mol. The van der Waals surface area contributed by atoms with Gasteiger partial charge in [-0.2, -0.15) is 0 Å². The van der Waals surface area contributed by atoms with Crippen molar-refractivity contribution in [2.45, 2.75) is 65.8 Å². The second-order valence-corrected chi connectivity index (χ2v) is 5.81. The van der Waals surface area contributed by atoms with E-state index < -0.39 is 5.97 Å². The molecule has 118 valence electrons. The molecule has 2 amide bonds. The van der Waals surface area contributed by atoms with Crippen LogP contribution in [0.1, 0.15) is 59.8 Å². The maximum atomic E-state index is 11.6. The van der Waals surface area contributed by atoms with Crippen molar-refractivity contribution in [3.63, 3.8) is 0 Å². The van der Waals surface area contributed by atoms with Gasteiger partial charge in [0.15, 0.2) is 0 Å². The molecule has 0 radical (unpaired) electrons. The van der Waals surface area contributed by atoms with Gasteiger partial charge in [-0.05, 0) is 31.6 Å². The summed E-state index contributed by atoms with van der Waals surface area (Å²) in [6.07, 6.45) is 3.79. The van der Waals surface area contributed by atoms with Gasteiger partial charge in [-0.3, -0.25) is 4.79 Å². The van der Waals surface area contributed by atoms with Gasteiger partial charge in [-0.1, -0.05) is 33.6 Å². The molecule has 2 atom stereocenters. The van der Waals surface area contributed by atoms with Gasteiger partial charge in [-0.25, -0.2) is 4.79 Å². The first-order valence-corrected chi connectivity index (χ1v) is 7.62. The number of rotatable bonds is 10. The summed E-state index contributed by atoms with van der Waals surface area (Å²) in [5.41, 5.74) is 0. The third-order valence-corrected chi connectivity index (χ3v) is 3.66. The molecule has 0 rings (SSSR count). The quantitative estimate of drug-likeness (QED) is 0.577. The average Bonchev–Trinajstić information content (AvgIpc) is 2.35. The van der Waals surface area contributed by atoms with E-state index >= 15 is 0 Å². The maximum absolute atomic E-state index is 11.6. The standard InChI is InChI=1S/C15H30N2O3/c1-5-6-13(7-8-14(18)19)9-10-16-15(20)17-12(4)11(2)3/h11-13H,5-10H2,1-4H3,(H,18,19)(H2,16,17,20). The Kier molecular flexibility index (Phi) is 9.86. The van der Waals surface area contributed by atoms with Crippen molar-refractivity contribution in [1.29, 1.82) is 0 Å². The zero-order valence-corrected chi connectivity index (χ0v) is 13.2. The number of carbonyl (C=O) groups is 2. The Balaban J connectivity index is 3.92. The van der Waals surface area contributed by atoms with Gasteiger partial charge in [0.1, 0.15) is 0 Å². The predicted octanol–water partition coefficient (Wildman–Crippen LogP) is 3.00. The van der Waals surface area contributed by atoms with Crippen LogP contribution in [0.5, 0.6) is 0 Å². The molecule has 0 aromatic rings. The highest BCUT2D eigenvalue weighted by Crippen LogP contribution is 2.17. The molecule has 0 aliphatic carbocycles. The van der Waals surface area contributed by atoms with E-state index in [1.54, 1.807) is 0 Å². The number of carboxylic acid groups (broad SMARTS) is 1. The fourth-order valence-electron chi connectivity index (χ4n) is 1.98. The van der Waals surface area contributed by atoms with Crippen LogP contribution in [0, 0.1) is 11.8 Å². The van der Waals surface area contributed by atoms with Gasteiger partial charge in [0, 0.05) is 19.0 Å². The molecule has 0 aliphatic rings. The Bertz CT molecular complexity index is 293. The number of amides is 2. The van der Waals surface area contributed by atoms with Crippen LogP contribution in [-0.2, 0) is 4.79 Å². The number of hydrogen-bond acceptors (Lipinski definition) is 2. The van der Waals surface area contributed by atoms with Crippen LogP contribution in [0.4, 0.5) is 4.79 Å². The molecule has 2 unspecified atom stereocenters. The van der Waals surface area contributed by atoms with E-state index in [-0.39, 0.29) is 18.5 Å². The summed E-state index contributed by atoms with van der Waals surface area (Å²) in [5, 5.41) is 14.5. The monoisotopic (exact) mass is 286 g/mol. The molecular formula is C15H30N2O3. The van der Waals surface area contributed by atoms with Crippen molar-refractivity contribution < 1.29 is 14.7 Å². The lowest BCUT2D eigenvalue weighted by Gasteiger charge is -2.19. The van der Waals surface area contributed by atoms with E-state index in [9.17, 15) is 9.59 Å². The van der Waals surface area contributed by atoms with Crippen LogP contribution < -0.4 is 10.6 Å². The van der Waals surface area contributed by atoms with Gasteiger partial charge in [0.05, 0.1) is 0 Å². The SMILES string of the molecule is CCCC(CCNC(=O)NC(C)C(C)C)CCC(=O)O. The molecule has 5 nitrogen and oxygen atoms in total. The molecule has 0 bridgehead atoms. The van der Waals surface area contributed by atoms with Crippen LogP contribution in [0.2, 0.25) is 0 Å². The Labute approximate surface area is 122 Å². The Hall–Kier alpha value is -1.26. The summed E-state index contributed by atoms with van der Waals surface area (Å²) in [7, 11) is 0. The zero-order valence-electron chi connectivity index (χ0n) is 13.2. The fraction of sp³-hybridized carbons (Fsp3) is 0.867. The summed E-state index contributed by atoms with van der Waals surface area (Å²) < 4.78 is 0. The topological polar surface area (TPSA) is 78.4 Å². The van der Waals surface area contributed by atoms with Crippen molar-refractivity contribution in [2.75, 3.05) is 6.54 Å². The van der Waals surface area contributed by atoms with E-state index in [1.165, 1.54) is 0 Å². The van der Waals surface area contributed by atoms with Crippen LogP contribution in [0.3, 0.4) is 0 Å². The molecule has 0 aromatic carbocycles. The van der Waals surface area contributed by atoms with Crippen molar-refractivity contribution >= 4 is 12.0 Å². The largest absolute Gasteiger partial charge is 0.481 e. The lowest BCUT2D eigenvalue weighted by Crippen LogP contribution is -2.43. The first-order valence-electron chi connectivity index (χ1n) is 7.62. The number of nitrogens with one attached hydrogen (secondary N) is 2. The highest BCUT2D eigenvalue weighted by Gasteiger charge is 2.12. The fourth-order valence-corrected chi connectivity index (χ4v) is 1.98. The molecular weight excluding hydrogens is 256 g/mol. The van der Waals surface area contributed by atoms with E-state index in [0.717, 1.165) is 19.3 Å². The van der Waals surface area contributed by atoms with Crippen LogP contribution >= 0.6 is 0 Å². The van der Waals surface area contributed by atoms with Crippen molar-refractivity contribution in [3.05, 3.63) is 0 Å². The summed E-state index contributed by atoms with van der Waals surface area (Å²) in [5.74, 6) is 0.0330. The minimum Gasteiger partial charge on any atom is -0.481 e. The number of urea groups is 1. The molecule has 0 heterocycles. The van der Waals surface area contributed by atoms with Crippen LogP contribution in [0.25, 0.3) is 0 Å². The molecule has 0 spiro atoms. The van der Waals surface area contributed by atoms with Crippen LogP contribution in [-0.4, -0.2) is 29.7 Å². The van der Waals surface area contributed by atoms with Gasteiger partial charge >= 0.3 is 12.0 Å². The Morgan fingerprint density at radius 1 is 1.10 bits per heavy atom. The minimum absolute atomic E-state index is 0.139. The zero-order chi connectivity index (χ0) is 15.5. The highest BCUT2D eigenvalue weighted by molar-refractivity contribution is 5.74. The molecule has 0 aromatic heterocycles. The summed E-state index contributed by atoms with van der Waals surface area (Å²) in [6, 6.07) is 0.00753. The molecule has 0 saturated heterocycles. The van der Waals surface area contributed by atoms with Crippen molar-refractivity contribution in [3.8, 4) is 0 Å². The molecule has 0 saturated carbocycles. The minimum atomic E-state index is -0.748. The van der Waals surface area contributed by atoms with Gasteiger partial charge in [0.2, 0.25) is 0 Å². The molecule has 20 heavy (non-hydrogen) atoms. The van der Waals surface area contributed by atoms with E-state index in [0.29, 0.717) is 24.8 Å². The van der Waals surface area contributed by atoms with Crippen LogP contribution in [0.15, 0.2) is 0 Å². The van der Waals surface area contributed by atoms with Gasteiger partial charge in [-0.15, -0.1) is 0 Å². The normalized spacial score (nSPS) is 13.8. The number of aliphatic carboxylic acids is 1. The Morgan fingerprint density at radius 2 is 1.75 bits per heavy atom. The summed E-state index contributed by atoms with van der Waals surface area (Å²) >= 11 is 0. The number of carbonyl (C=O) groups excluding carboxylic acids is 1. The van der Waals surface area contributed by atoms with Gasteiger partial charge in [0.25, 0.3) is 0 Å². The average molecular weight is 286 g/mol. The van der Waals surface area contributed by atoms with Crippen molar-refractivity contribution in [2.24, 2.45) is 11.8 Å². The maximum Gasteiger partial charge on any atom is 0.315 e. The number of hydrogen-bond donors (Lipinski definition) is 3. The lowest BCUT2D eigenvalue weighted by atomic mass is 9.94. The highest BCUT2D eigenvalue weighted by atomic mass is 16.4. The third-order valence-electron chi connectivity index (χ3n) is 3.66. The molecule has 0 fully saturated rings. The summed E-state index contributed by atoms with van der Waals surface area (Å²) in [6.45, 7) is 8.80. The first-order chi connectivity index (χ1) is 9.36. The van der Waals surface area contributed by atoms with E-state index in [2.05, 4.69) is 31.4 Å². The lowest BCUT2D eigenvalue weighted by molar-refractivity contribution is -0.137. The summed E-state index contributed by atoms with van der Waals surface area (Å²) in [4.78, 5) is 22.2.